The van der Waals surface area contributed by atoms with Crippen molar-refractivity contribution < 1.29 is 14.2 Å². The van der Waals surface area contributed by atoms with Gasteiger partial charge in [-0.1, -0.05) is 30.3 Å². The third-order valence-corrected chi connectivity index (χ3v) is 5.76. The minimum atomic E-state index is -0.180. The van der Waals surface area contributed by atoms with E-state index in [0.717, 1.165) is 57.0 Å². The van der Waals surface area contributed by atoms with E-state index in [1.165, 1.54) is 16.7 Å². The Labute approximate surface area is 155 Å². The highest BCUT2D eigenvalue weighted by molar-refractivity contribution is 5.50. The van der Waals surface area contributed by atoms with E-state index in [1.54, 1.807) is 14.2 Å². The molecule has 0 bridgehead atoms. The summed E-state index contributed by atoms with van der Waals surface area (Å²) < 4.78 is 17.4. The highest BCUT2D eigenvalue weighted by atomic mass is 16.5. The van der Waals surface area contributed by atoms with Gasteiger partial charge in [0, 0.05) is 19.6 Å². The third-order valence-electron chi connectivity index (χ3n) is 5.76. The Kier molecular flexibility index (Phi) is 4.88. The number of methoxy groups -OCH3 is 2. The zero-order chi connectivity index (χ0) is 18.0. The lowest BCUT2D eigenvalue weighted by atomic mass is 9.79. The van der Waals surface area contributed by atoms with Crippen LogP contribution in [0.3, 0.4) is 0 Å². The van der Waals surface area contributed by atoms with Gasteiger partial charge in [-0.2, -0.15) is 0 Å². The number of fused-ring (bicyclic) bond motifs is 2. The molecule has 0 saturated carbocycles. The lowest BCUT2D eigenvalue weighted by molar-refractivity contribution is -0.0990. The summed E-state index contributed by atoms with van der Waals surface area (Å²) in [5.74, 6) is 1.60. The van der Waals surface area contributed by atoms with Crippen molar-refractivity contribution in [3.05, 3.63) is 59.2 Å². The average Bonchev–Trinajstić information content (AvgIpc) is 2.70. The Bertz CT molecular complexity index is 751. The zero-order valence-corrected chi connectivity index (χ0v) is 15.7. The molecular weight excluding hydrogens is 326 g/mol. The number of ether oxygens (including phenoxy) is 3. The molecule has 0 unspecified atom stereocenters. The summed E-state index contributed by atoms with van der Waals surface area (Å²) in [6.45, 7) is 3.88. The van der Waals surface area contributed by atoms with Gasteiger partial charge in [0.2, 0.25) is 0 Å². The first kappa shape index (κ1) is 17.4. The summed E-state index contributed by atoms with van der Waals surface area (Å²) in [6, 6.07) is 15.0. The first-order valence-electron chi connectivity index (χ1n) is 9.40. The van der Waals surface area contributed by atoms with Gasteiger partial charge in [0.1, 0.15) is 0 Å². The van der Waals surface area contributed by atoms with Gasteiger partial charge in [-0.05, 0) is 48.1 Å². The molecular formula is C22H27NO3. The fourth-order valence-corrected chi connectivity index (χ4v) is 4.31. The van der Waals surface area contributed by atoms with Crippen molar-refractivity contribution in [2.24, 2.45) is 0 Å². The van der Waals surface area contributed by atoms with Crippen LogP contribution in [-0.2, 0) is 23.3 Å². The van der Waals surface area contributed by atoms with Crippen molar-refractivity contribution in [2.45, 2.75) is 31.4 Å². The van der Waals surface area contributed by atoms with Crippen LogP contribution >= 0.6 is 0 Å². The minimum Gasteiger partial charge on any atom is -0.493 e. The molecule has 1 spiro atoms. The molecule has 4 nitrogen and oxygen atoms in total. The molecule has 0 amide bonds. The number of hydrogen-bond donors (Lipinski definition) is 0. The second kappa shape index (κ2) is 7.29. The minimum absolute atomic E-state index is 0.180. The Morgan fingerprint density at radius 1 is 1.00 bits per heavy atom. The molecule has 26 heavy (non-hydrogen) atoms. The van der Waals surface area contributed by atoms with Gasteiger partial charge >= 0.3 is 0 Å². The summed E-state index contributed by atoms with van der Waals surface area (Å²) in [5.41, 5.74) is 3.83. The third kappa shape index (κ3) is 3.19. The summed E-state index contributed by atoms with van der Waals surface area (Å²) in [5, 5.41) is 0. The van der Waals surface area contributed by atoms with Crippen molar-refractivity contribution in [2.75, 3.05) is 33.9 Å². The van der Waals surface area contributed by atoms with Crippen LogP contribution in [0.1, 0.15) is 29.5 Å². The normalized spacial score (nSPS) is 19.2. The standard InChI is InChI=1S/C22H27NO3/c1-24-20-14-18-8-13-26-22(19(18)15-21(20)25-2)9-11-23(12-10-22)16-17-6-4-3-5-7-17/h3-7,14-15H,8-13,16H2,1-2H3. The number of benzene rings is 2. The summed E-state index contributed by atoms with van der Waals surface area (Å²) in [7, 11) is 3.39. The number of likely N-dealkylation sites (tertiary alicyclic amines) is 1. The van der Waals surface area contributed by atoms with Gasteiger partial charge in [0.25, 0.3) is 0 Å². The van der Waals surface area contributed by atoms with E-state index in [0.29, 0.717) is 0 Å². The summed E-state index contributed by atoms with van der Waals surface area (Å²) >= 11 is 0. The molecule has 2 aromatic rings. The zero-order valence-electron chi connectivity index (χ0n) is 15.7. The maximum Gasteiger partial charge on any atom is 0.161 e. The number of rotatable bonds is 4. The van der Waals surface area contributed by atoms with Crippen molar-refractivity contribution >= 4 is 0 Å². The second-order valence-corrected chi connectivity index (χ2v) is 7.22. The molecule has 0 atom stereocenters. The Morgan fingerprint density at radius 2 is 1.69 bits per heavy atom. The molecule has 1 fully saturated rings. The van der Waals surface area contributed by atoms with Gasteiger partial charge in [-0.3, -0.25) is 4.90 Å². The van der Waals surface area contributed by atoms with E-state index in [4.69, 9.17) is 14.2 Å². The number of nitrogens with zero attached hydrogens (tertiary/aromatic N) is 1. The predicted octanol–water partition coefficient (Wildman–Crippen LogP) is 3.77. The molecule has 4 rings (SSSR count). The van der Waals surface area contributed by atoms with Crippen LogP contribution in [0.2, 0.25) is 0 Å². The number of hydrogen-bond acceptors (Lipinski definition) is 4. The van der Waals surface area contributed by atoms with Crippen LogP contribution in [0.4, 0.5) is 0 Å². The van der Waals surface area contributed by atoms with Crippen LogP contribution in [0, 0.1) is 0 Å². The van der Waals surface area contributed by atoms with E-state index < -0.39 is 0 Å². The van der Waals surface area contributed by atoms with Crippen LogP contribution in [-0.4, -0.2) is 38.8 Å². The molecule has 0 N–H and O–H groups in total. The van der Waals surface area contributed by atoms with Crippen LogP contribution in [0.15, 0.2) is 42.5 Å². The molecule has 138 valence electrons. The Morgan fingerprint density at radius 3 is 2.38 bits per heavy atom. The van der Waals surface area contributed by atoms with Crippen molar-refractivity contribution in [1.82, 2.24) is 4.90 Å². The molecule has 1 saturated heterocycles. The van der Waals surface area contributed by atoms with E-state index in [-0.39, 0.29) is 5.60 Å². The number of piperidine rings is 1. The quantitative estimate of drug-likeness (QED) is 0.837. The molecule has 4 heteroatoms. The predicted molar refractivity (Wildman–Crippen MR) is 102 cm³/mol. The van der Waals surface area contributed by atoms with Gasteiger partial charge < -0.3 is 14.2 Å². The van der Waals surface area contributed by atoms with Crippen LogP contribution in [0.25, 0.3) is 0 Å². The maximum atomic E-state index is 6.38. The Balaban J connectivity index is 1.54. The van der Waals surface area contributed by atoms with E-state index >= 15 is 0 Å². The first-order chi connectivity index (χ1) is 12.7. The van der Waals surface area contributed by atoms with Crippen molar-refractivity contribution in [3.63, 3.8) is 0 Å². The van der Waals surface area contributed by atoms with E-state index in [2.05, 4.69) is 47.4 Å². The molecule has 2 aromatic carbocycles. The van der Waals surface area contributed by atoms with Crippen LogP contribution < -0.4 is 9.47 Å². The van der Waals surface area contributed by atoms with Crippen LogP contribution in [0.5, 0.6) is 11.5 Å². The lowest BCUT2D eigenvalue weighted by Gasteiger charge is -2.45. The summed E-state index contributed by atoms with van der Waals surface area (Å²) in [4.78, 5) is 2.53. The van der Waals surface area contributed by atoms with Crippen molar-refractivity contribution in [3.8, 4) is 11.5 Å². The maximum absolute atomic E-state index is 6.38. The fraction of sp³-hybridized carbons (Fsp3) is 0.455. The topological polar surface area (TPSA) is 30.9 Å². The lowest BCUT2D eigenvalue weighted by Crippen LogP contribution is -2.46. The average molecular weight is 353 g/mol. The van der Waals surface area contributed by atoms with Gasteiger partial charge in [-0.15, -0.1) is 0 Å². The monoisotopic (exact) mass is 353 g/mol. The highest BCUT2D eigenvalue weighted by Crippen LogP contribution is 2.45. The largest absolute Gasteiger partial charge is 0.493 e. The molecule has 0 radical (unpaired) electrons. The molecule has 2 aliphatic heterocycles. The molecule has 2 aliphatic rings. The van der Waals surface area contributed by atoms with Crippen molar-refractivity contribution in [1.29, 1.82) is 0 Å². The van der Waals surface area contributed by atoms with E-state index in [1.807, 2.05) is 0 Å². The first-order valence-corrected chi connectivity index (χ1v) is 9.40. The van der Waals surface area contributed by atoms with Gasteiger partial charge in [0.05, 0.1) is 26.4 Å². The summed E-state index contributed by atoms with van der Waals surface area (Å²) in [6.07, 6.45) is 2.97. The smallest absolute Gasteiger partial charge is 0.161 e. The van der Waals surface area contributed by atoms with E-state index in [9.17, 15) is 0 Å². The Hall–Kier alpha value is -2.04. The molecule has 0 aliphatic carbocycles. The SMILES string of the molecule is COc1cc2c(cc1OC)C1(CCN(Cc3ccccc3)CC1)OCC2. The highest BCUT2D eigenvalue weighted by Gasteiger charge is 2.41. The van der Waals surface area contributed by atoms with Gasteiger partial charge in [-0.25, -0.2) is 0 Å². The molecule has 0 aromatic heterocycles. The molecule has 2 heterocycles. The fourth-order valence-electron chi connectivity index (χ4n) is 4.31. The second-order valence-electron chi connectivity index (χ2n) is 7.22. The van der Waals surface area contributed by atoms with Gasteiger partial charge in [0.15, 0.2) is 11.5 Å².